The predicted molar refractivity (Wildman–Crippen MR) is 60.2 cm³/mol. The molecule has 0 unspecified atom stereocenters. The van der Waals surface area contributed by atoms with E-state index in [1.807, 2.05) is 13.8 Å². The minimum atomic E-state index is -1.36. The van der Waals surface area contributed by atoms with Gasteiger partial charge in [-0.2, -0.15) is 0 Å². The monoisotopic (exact) mass is 258 g/mol. The molecule has 1 aromatic rings. The fraction of sp³-hybridized carbons (Fsp3) is 0.364. The van der Waals surface area contributed by atoms with E-state index in [0.717, 1.165) is 0 Å². The fourth-order valence-corrected chi connectivity index (χ4v) is 1.26. The lowest BCUT2D eigenvalue weighted by Gasteiger charge is -2.08. The normalized spacial score (nSPS) is 10.5. The van der Waals surface area contributed by atoms with Crippen molar-refractivity contribution < 1.29 is 18.5 Å². The summed E-state index contributed by atoms with van der Waals surface area (Å²) in [7, 11) is 0. The predicted octanol–water partition coefficient (Wildman–Crippen LogP) is 2.26. The summed E-state index contributed by atoms with van der Waals surface area (Å²) in [4.78, 5) is 21.4. The maximum Gasteiger partial charge on any atom is 0.285 e. The van der Waals surface area contributed by atoms with Crippen LogP contribution in [0, 0.1) is 27.7 Å². The zero-order valence-electron chi connectivity index (χ0n) is 9.87. The summed E-state index contributed by atoms with van der Waals surface area (Å²) >= 11 is 0. The average Bonchev–Trinajstić information content (AvgIpc) is 2.28. The van der Waals surface area contributed by atoms with Gasteiger partial charge >= 0.3 is 0 Å². The molecule has 1 amide bonds. The van der Waals surface area contributed by atoms with Crippen LogP contribution >= 0.6 is 0 Å². The zero-order chi connectivity index (χ0) is 13.9. The number of amides is 1. The van der Waals surface area contributed by atoms with Gasteiger partial charge in [0.2, 0.25) is 0 Å². The number of rotatable bonds is 4. The second-order valence-electron chi connectivity index (χ2n) is 4.14. The van der Waals surface area contributed by atoms with Crippen LogP contribution in [-0.2, 0) is 0 Å². The first kappa shape index (κ1) is 14.0. The van der Waals surface area contributed by atoms with Gasteiger partial charge in [0, 0.05) is 6.54 Å². The molecule has 0 aliphatic carbocycles. The molecule has 0 spiro atoms. The van der Waals surface area contributed by atoms with E-state index in [9.17, 15) is 23.7 Å². The van der Waals surface area contributed by atoms with Gasteiger partial charge in [0.1, 0.15) is 5.56 Å². The lowest BCUT2D eigenvalue weighted by molar-refractivity contribution is -0.385. The van der Waals surface area contributed by atoms with Crippen molar-refractivity contribution >= 4 is 11.6 Å². The molecule has 0 aliphatic rings. The molecule has 0 aliphatic heterocycles. The van der Waals surface area contributed by atoms with Gasteiger partial charge in [-0.3, -0.25) is 14.9 Å². The Morgan fingerprint density at radius 3 is 2.44 bits per heavy atom. The molecule has 1 rings (SSSR count). The van der Waals surface area contributed by atoms with Gasteiger partial charge in [0.25, 0.3) is 11.6 Å². The van der Waals surface area contributed by atoms with Crippen LogP contribution < -0.4 is 5.32 Å². The Kier molecular flexibility index (Phi) is 4.30. The zero-order valence-corrected chi connectivity index (χ0v) is 9.87. The van der Waals surface area contributed by atoms with E-state index in [1.165, 1.54) is 0 Å². The van der Waals surface area contributed by atoms with Crippen LogP contribution in [0.2, 0.25) is 0 Å². The first-order valence-electron chi connectivity index (χ1n) is 5.24. The minimum absolute atomic E-state index is 0.137. The number of hydrogen-bond acceptors (Lipinski definition) is 3. The molecule has 0 fully saturated rings. The molecule has 7 heteroatoms. The highest BCUT2D eigenvalue weighted by Crippen LogP contribution is 2.22. The Morgan fingerprint density at radius 1 is 1.39 bits per heavy atom. The maximum absolute atomic E-state index is 13.0. The SMILES string of the molecule is CC(C)CNC(=O)c1cc(F)c(F)cc1[N+](=O)[O-]. The number of halogens is 2. The molecule has 98 valence electrons. The number of carbonyl (C=O) groups excluding carboxylic acids is 1. The molecule has 0 bridgehead atoms. The van der Waals surface area contributed by atoms with Gasteiger partial charge in [-0.15, -0.1) is 0 Å². The van der Waals surface area contributed by atoms with Crippen molar-refractivity contribution in [2.75, 3.05) is 6.54 Å². The van der Waals surface area contributed by atoms with E-state index in [-0.39, 0.29) is 12.5 Å². The Labute approximate surface area is 102 Å². The van der Waals surface area contributed by atoms with Crippen molar-refractivity contribution in [1.29, 1.82) is 0 Å². The van der Waals surface area contributed by atoms with Crippen LogP contribution in [0.1, 0.15) is 24.2 Å². The molecule has 0 radical (unpaired) electrons. The fourth-order valence-electron chi connectivity index (χ4n) is 1.26. The molecule has 0 saturated heterocycles. The Balaban J connectivity index is 3.10. The quantitative estimate of drug-likeness (QED) is 0.665. The molecule has 0 saturated carbocycles. The summed E-state index contributed by atoms with van der Waals surface area (Å²) in [6, 6.07) is 0.933. The van der Waals surface area contributed by atoms with E-state index in [1.54, 1.807) is 0 Å². The van der Waals surface area contributed by atoms with Crippen molar-refractivity contribution in [2.45, 2.75) is 13.8 Å². The smallest absolute Gasteiger partial charge is 0.285 e. The Hall–Kier alpha value is -2.05. The van der Waals surface area contributed by atoms with E-state index in [2.05, 4.69) is 5.32 Å². The second-order valence-corrected chi connectivity index (χ2v) is 4.14. The van der Waals surface area contributed by atoms with E-state index in [4.69, 9.17) is 0 Å². The summed E-state index contributed by atoms with van der Waals surface area (Å²) in [5.74, 6) is -3.31. The highest BCUT2D eigenvalue weighted by atomic mass is 19.2. The lowest BCUT2D eigenvalue weighted by atomic mass is 10.1. The largest absolute Gasteiger partial charge is 0.352 e. The van der Waals surface area contributed by atoms with Gasteiger partial charge in [-0.1, -0.05) is 13.8 Å². The number of nitrogens with zero attached hydrogens (tertiary/aromatic N) is 1. The summed E-state index contributed by atoms with van der Waals surface area (Å²) in [6.07, 6.45) is 0. The third-order valence-electron chi connectivity index (χ3n) is 2.15. The standard InChI is InChI=1S/C11H12F2N2O3/c1-6(2)5-14-11(16)7-3-8(12)9(13)4-10(7)15(17)18/h3-4,6H,5H2,1-2H3,(H,14,16). The number of benzene rings is 1. The second kappa shape index (κ2) is 5.52. The molecule has 0 atom stereocenters. The number of hydrogen-bond donors (Lipinski definition) is 1. The highest BCUT2D eigenvalue weighted by Gasteiger charge is 2.23. The molecule has 0 aromatic heterocycles. The van der Waals surface area contributed by atoms with Gasteiger partial charge in [0.05, 0.1) is 11.0 Å². The Morgan fingerprint density at radius 2 is 1.94 bits per heavy atom. The molecule has 0 heterocycles. The van der Waals surface area contributed by atoms with Crippen molar-refractivity contribution in [2.24, 2.45) is 5.92 Å². The lowest BCUT2D eigenvalue weighted by Crippen LogP contribution is -2.28. The van der Waals surface area contributed by atoms with Gasteiger partial charge in [-0.05, 0) is 12.0 Å². The van der Waals surface area contributed by atoms with E-state index in [0.29, 0.717) is 12.1 Å². The van der Waals surface area contributed by atoms with E-state index >= 15 is 0 Å². The van der Waals surface area contributed by atoms with Crippen LogP contribution in [0.15, 0.2) is 12.1 Å². The molecule has 18 heavy (non-hydrogen) atoms. The van der Waals surface area contributed by atoms with Crippen molar-refractivity contribution in [1.82, 2.24) is 5.32 Å². The third kappa shape index (κ3) is 3.22. The van der Waals surface area contributed by atoms with Crippen molar-refractivity contribution in [3.05, 3.63) is 39.4 Å². The van der Waals surface area contributed by atoms with Crippen LogP contribution in [0.3, 0.4) is 0 Å². The summed E-state index contributed by atoms with van der Waals surface area (Å²) in [5.41, 5.74) is -1.24. The van der Waals surface area contributed by atoms with Crippen molar-refractivity contribution in [3.63, 3.8) is 0 Å². The number of nitro groups is 1. The summed E-state index contributed by atoms with van der Waals surface area (Å²) in [6.45, 7) is 3.95. The molecule has 5 nitrogen and oxygen atoms in total. The van der Waals surface area contributed by atoms with Gasteiger partial charge in [-0.25, -0.2) is 8.78 Å². The number of nitrogens with one attached hydrogen (secondary N) is 1. The molecule has 1 N–H and O–H groups in total. The maximum atomic E-state index is 13.0. The minimum Gasteiger partial charge on any atom is -0.352 e. The van der Waals surface area contributed by atoms with Crippen LogP contribution in [0.5, 0.6) is 0 Å². The number of nitro benzene ring substituents is 1. The highest BCUT2D eigenvalue weighted by molar-refractivity contribution is 5.98. The average molecular weight is 258 g/mol. The first-order valence-corrected chi connectivity index (χ1v) is 5.24. The van der Waals surface area contributed by atoms with Crippen LogP contribution in [0.25, 0.3) is 0 Å². The summed E-state index contributed by atoms with van der Waals surface area (Å²) < 4.78 is 25.9. The summed E-state index contributed by atoms with van der Waals surface area (Å²) in [5, 5.41) is 13.1. The third-order valence-corrected chi connectivity index (χ3v) is 2.15. The van der Waals surface area contributed by atoms with Crippen molar-refractivity contribution in [3.8, 4) is 0 Å². The van der Waals surface area contributed by atoms with Crippen LogP contribution in [0.4, 0.5) is 14.5 Å². The number of carbonyl (C=O) groups is 1. The molecular weight excluding hydrogens is 246 g/mol. The van der Waals surface area contributed by atoms with Crippen LogP contribution in [-0.4, -0.2) is 17.4 Å². The first-order chi connectivity index (χ1) is 8.32. The molecular formula is C11H12F2N2O3. The topological polar surface area (TPSA) is 72.2 Å². The Bertz CT molecular complexity index is 489. The van der Waals surface area contributed by atoms with Gasteiger partial charge in [0.15, 0.2) is 11.6 Å². The molecule has 1 aromatic carbocycles. The van der Waals surface area contributed by atoms with Gasteiger partial charge < -0.3 is 5.32 Å². The van der Waals surface area contributed by atoms with E-state index < -0.39 is 33.7 Å².